The number of hydrazine groups is 1. The smallest absolute Gasteiger partial charge is 0.248 e. The Morgan fingerprint density at radius 2 is 1.83 bits per heavy atom. The van der Waals surface area contributed by atoms with E-state index < -0.39 is 0 Å². The van der Waals surface area contributed by atoms with Crippen LogP contribution in [-0.4, -0.2) is 17.6 Å². The van der Waals surface area contributed by atoms with Gasteiger partial charge in [0.2, 0.25) is 11.8 Å². The van der Waals surface area contributed by atoms with Crippen LogP contribution < -0.4 is 10.9 Å². The SMILES string of the molecule is O=C(CSCc1ccc(Cl)c(Cl)c1)NNC(=O)C1CCCCC1. The highest BCUT2D eigenvalue weighted by Gasteiger charge is 2.21. The highest BCUT2D eigenvalue weighted by atomic mass is 35.5. The third kappa shape index (κ3) is 6.24. The molecule has 2 rings (SSSR count). The molecule has 0 saturated heterocycles. The molecule has 0 bridgehead atoms. The van der Waals surface area contributed by atoms with Gasteiger partial charge < -0.3 is 0 Å². The largest absolute Gasteiger partial charge is 0.273 e. The number of halogens is 2. The minimum absolute atomic E-state index is 0.0351. The fraction of sp³-hybridized carbons (Fsp3) is 0.500. The van der Waals surface area contributed by atoms with Gasteiger partial charge in [0.15, 0.2) is 0 Å². The minimum Gasteiger partial charge on any atom is -0.273 e. The van der Waals surface area contributed by atoms with E-state index in [1.165, 1.54) is 18.2 Å². The maximum Gasteiger partial charge on any atom is 0.248 e. The van der Waals surface area contributed by atoms with Crippen molar-refractivity contribution in [2.45, 2.75) is 37.9 Å². The van der Waals surface area contributed by atoms with Gasteiger partial charge in [-0.05, 0) is 30.5 Å². The third-order valence-corrected chi connectivity index (χ3v) is 5.53. The molecule has 0 spiro atoms. The van der Waals surface area contributed by atoms with Gasteiger partial charge in [-0.3, -0.25) is 20.4 Å². The Kier molecular flexibility index (Phi) is 7.53. The average Bonchev–Trinajstić information content (AvgIpc) is 2.56. The number of carbonyl (C=O) groups is 2. The second kappa shape index (κ2) is 9.40. The lowest BCUT2D eigenvalue weighted by Gasteiger charge is -2.20. The molecule has 0 aliphatic heterocycles. The van der Waals surface area contributed by atoms with Crippen molar-refractivity contribution in [3.8, 4) is 0 Å². The number of rotatable bonds is 5. The van der Waals surface area contributed by atoms with E-state index in [-0.39, 0.29) is 23.5 Å². The predicted molar refractivity (Wildman–Crippen MR) is 95.5 cm³/mol. The van der Waals surface area contributed by atoms with Gasteiger partial charge >= 0.3 is 0 Å². The molecule has 7 heteroatoms. The average molecular weight is 375 g/mol. The molecule has 2 N–H and O–H groups in total. The van der Waals surface area contributed by atoms with Crippen LogP contribution in [0.3, 0.4) is 0 Å². The van der Waals surface area contributed by atoms with Gasteiger partial charge in [0, 0.05) is 11.7 Å². The lowest BCUT2D eigenvalue weighted by molar-refractivity contribution is -0.131. The van der Waals surface area contributed by atoms with Crippen molar-refractivity contribution in [3.05, 3.63) is 33.8 Å². The van der Waals surface area contributed by atoms with Crippen LogP contribution in [0.4, 0.5) is 0 Å². The molecule has 0 heterocycles. The number of hydrogen-bond donors (Lipinski definition) is 2. The van der Waals surface area contributed by atoms with Crippen LogP contribution in [-0.2, 0) is 15.3 Å². The van der Waals surface area contributed by atoms with Crippen LogP contribution in [0.15, 0.2) is 18.2 Å². The van der Waals surface area contributed by atoms with Gasteiger partial charge in [-0.15, -0.1) is 11.8 Å². The van der Waals surface area contributed by atoms with Gasteiger partial charge in [-0.25, -0.2) is 0 Å². The first-order valence-electron chi connectivity index (χ1n) is 7.66. The van der Waals surface area contributed by atoms with E-state index >= 15 is 0 Å². The summed E-state index contributed by atoms with van der Waals surface area (Å²) in [5, 5.41) is 1.03. The molecule has 126 valence electrons. The summed E-state index contributed by atoms with van der Waals surface area (Å²) < 4.78 is 0. The Balaban J connectivity index is 1.64. The maximum atomic E-state index is 11.9. The molecule has 4 nitrogen and oxygen atoms in total. The minimum atomic E-state index is -0.209. The summed E-state index contributed by atoms with van der Waals surface area (Å²) in [6.45, 7) is 0. The Morgan fingerprint density at radius 1 is 1.09 bits per heavy atom. The second-order valence-electron chi connectivity index (χ2n) is 5.61. The van der Waals surface area contributed by atoms with Crippen molar-refractivity contribution >= 4 is 46.8 Å². The summed E-state index contributed by atoms with van der Waals surface area (Å²) >= 11 is 13.3. The van der Waals surface area contributed by atoms with Crippen LogP contribution in [0.25, 0.3) is 0 Å². The van der Waals surface area contributed by atoms with Crippen molar-refractivity contribution in [2.24, 2.45) is 5.92 Å². The Labute approximate surface area is 150 Å². The first-order valence-corrected chi connectivity index (χ1v) is 9.57. The predicted octanol–water partition coefficient (Wildman–Crippen LogP) is 3.95. The zero-order valence-electron chi connectivity index (χ0n) is 12.7. The van der Waals surface area contributed by atoms with E-state index in [4.69, 9.17) is 23.2 Å². The molecule has 0 radical (unpaired) electrons. The van der Waals surface area contributed by atoms with Gasteiger partial charge in [-0.1, -0.05) is 48.5 Å². The monoisotopic (exact) mass is 374 g/mol. The van der Waals surface area contributed by atoms with Crippen LogP contribution in [0, 0.1) is 5.92 Å². The van der Waals surface area contributed by atoms with E-state index in [9.17, 15) is 9.59 Å². The first-order chi connectivity index (χ1) is 11.1. The maximum absolute atomic E-state index is 11.9. The van der Waals surface area contributed by atoms with Gasteiger partial charge in [0.25, 0.3) is 0 Å². The Bertz CT molecular complexity index is 563. The Hall–Kier alpha value is -0.910. The number of benzene rings is 1. The molecule has 23 heavy (non-hydrogen) atoms. The van der Waals surface area contributed by atoms with Crippen molar-refractivity contribution in [1.82, 2.24) is 10.9 Å². The molecule has 1 aliphatic carbocycles. The number of carbonyl (C=O) groups excluding carboxylic acids is 2. The molecule has 0 aromatic heterocycles. The van der Waals surface area contributed by atoms with Crippen molar-refractivity contribution in [2.75, 3.05) is 5.75 Å². The van der Waals surface area contributed by atoms with E-state index in [2.05, 4.69) is 10.9 Å². The number of amides is 2. The summed E-state index contributed by atoms with van der Waals surface area (Å²) in [6, 6.07) is 5.41. The van der Waals surface area contributed by atoms with Crippen LogP contribution >= 0.6 is 35.0 Å². The highest BCUT2D eigenvalue weighted by molar-refractivity contribution is 7.99. The lowest BCUT2D eigenvalue weighted by Crippen LogP contribution is -2.45. The lowest BCUT2D eigenvalue weighted by atomic mass is 9.89. The van der Waals surface area contributed by atoms with Crippen molar-refractivity contribution in [3.63, 3.8) is 0 Å². The standard InChI is InChI=1S/C16H20Cl2N2O2S/c17-13-7-6-11(8-14(13)18)9-23-10-15(21)19-20-16(22)12-4-2-1-3-5-12/h6-8,12H,1-5,9-10H2,(H,19,21)(H,20,22). The molecule has 1 aromatic rings. The highest BCUT2D eigenvalue weighted by Crippen LogP contribution is 2.25. The Morgan fingerprint density at radius 3 is 2.52 bits per heavy atom. The summed E-state index contributed by atoms with van der Waals surface area (Å²) in [4.78, 5) is 23.7. The molecule has 0 atom stereocenters. The van der Waals surface area contributed by atoms with Crippen LogP contribution in [0.1, 0.15) is 37.7 Å². The zero-order valence-corrected chi connectivity index (χ0v) is 15.1. The van der Waals surface area contributed by atoms with E-state index in [1.54, 1.807) is 12.1 Å². The van der Waals surface area contributed by atoms with E-state index in [1.807, 2.05) is 6.07 Å². The number of thioether (sulfide) groups is 1. The van der Waals surface area contributed by atoms with Gasteiger partial charge in [0.05, 0.1) is 15.8 Å². The number of hydrogen-bond acceptors (Lipinski definition) is 3. The summed E-state index contributed by atoms with van der Waals surface area (Å²) in [6.07, 6.45) is 5.19. The fourth-order valence-electron chi connectivity index (χ4n) is 2.53. The summed E-state index contributed by atoms with van der Waals surface area (Å²) in [5.41, 5.74) is 6.01. The van der Waals surface area contributed by atoms with E-state index in [0.717, 1.165) is 31.2 Å². The van der Waals surface area contributed by atoms with Crippen molar-refractivity contribution in [1.29, 1.82) is 0 Å². The third-order valence-electron chi connectivity index (χ3n) is 3.79. The zero-order chi connectivity index (χ0) is 16.7. The van der Waals surface area contributed by atoms with Crippen LogP contribution in [0.5, 0.6) is 0 Å². The molecule has 1 aliphatic rings. The molecular weight excluding hydrogens is 355 g/mol. The van der Waals surface area contributed by atoms with Crippen molar-refractivity contribution < 1.29 is 9.59 Å². The number of nitrogens with one attached hydrogen (secondary N) is 2. The quantitative estimate of drug-likeness (QED) is 0.766. The fourth-order valence-corrected chi connectivity index (χ4v) is 3.62. The first kappa shape index (κ1) is 18.4. The van der Waals surface area contributed by atoms with Crippen LogP contribution in [0.2, 0.25) is 10.0 Å². The summed E-state index contributed by atoms with van der Waals surface area (Å²) in [7, 11) is 0. The second-order valence-corrected chi connectivity index (χ2v) is 7.41. The normalized spacial score (nSPS) is 15.2. The molecule has 1 fully saturated rings. The molecule has 1 aromatic carbocycles. The van der Waals surface area contributed by atoms with Gasteiger partial charge in [0.1, 0.15) is 0 Å². The topological polar surface area (TPSA) is 58.2 Å². The molecule has 2 amide bonds. The molecule has 1 saturated carbocycles. The van der Waals surface area contributed by atoms with Gasteiger partial charge in [-0.2, -0.15) is 0 Å². The molecule has 0 unspecified atom stereocenters. The van der Waals surface area contributed by atoms with E-state index in [0.29, 0.717) is 15.8 Å². The summed E-state index contributed by atoms with van der Waals surface area (Å²) in [5.74, 6) is 0.672. The molecular formula is C16H20Cl2N2O2S.